The summed E-state index contributed by atoms with van der Waals surface area (Å²) in [7, 11) is 5.39. The van der Waals surface area contributed by atoms with Gasteiger partial charge in [0.05, 0.1) is 21.3 Å². The van der Waals surface area contributed by atoms with Gasteiger partial charge >= 0.3 is 0 Å². The number of Topliss-reactive ketones (excluding diaryl/α,β-unsaturated/α-hetero) is 1. The van der Waals surface area contributed by atoms with E-state index in [1.165, 1.54) is 34.5 Å². The number of fused-ring (bicyclic) bond motifs is 1. The van der Waals surface area contributed by atoms with Gasteiger partial charge in [0, 0.05) is 18.7 Å². The molecule has 0 spiro atoms. The third-order valence-electron chi connectivity index (χ3n) is 4.48. The van der Waals surface area contributed by atoms with E-state index in [0.717, 1.165) is 0 Å². The van der Waals surface area contributed by atoms with Crippen LogP contribution in [0.3, 0.4) is 0 Å². The third-order valence-corrected chi connectivity index (χ3v) is 4.48. The highest BCUT2D eigenvalue weighted by atomic mass is 16.7. The first-order valence-corrected chi connectivity index (χ1v) is 8.02. The van der Waals surface area contributed by atoms with E-state index in [1.54, 1.807) is 24.3 Å². The maximum absolute atomic E-state index is 13.1. The molecule has 0 saturated carbocycles. The van der Waals surface area contributed by atoms with E-state index in [2.05, 4.69) is 0 Å². The number of methoxy groups -OCH3 is 4. The highest BCUT2D eigenvalue weighted by Crippen LogP contribution is 2.53. The monoisotopic (exact) mass is 376 g/mol. The zero-order valence-corrected chi connectivity index (χ0v) is 15.3. The molecule has 0 amide bonds. The molecule has 0 radical (unpaired) electrons. The van der Waals surface area contributed by atoms with Gasteiger partial charge in [-0.05, 0) is 6.07 Å². The number of para-hydroxylation sites is 1. The molecule has 144 valence electrons. The molecule has 8 nitrogen and oxygen atoms in total. The van der Waals surface area contributed by atoms with E-state index in [9.17, 15) is 15.0 Å². The standard InChI is InChI=1S/C19H20O8/c1-23-12-8-6-5-7-10(12)18-19(22,26-4)17(21)14-11(20)9-13(24-2)15(25-3)16(14)27-18/h5-9,18,20,22H,1-4H3. The number of phenolic OH excluding ortho intramolecular Hbond substituents is 1. The van der Waals surface area contributed by atoms with Crippen LogP contribution in [-0.2, 0) is 4.74 Å². The van der Waals surface area contributed by atoms with Crippen molar-refractivity contribution in [2.24, 2.45) is 0 Å². The van der Waals surface area contributed by atoms with Crippen LogP contribution in [0.2, 0.25) is 0 Å². The van der Waals surface area contributed by atoms with Crippen LogP contribution in [0.15, 0.2) is 30.3 Å². The van der Waals surface area contributed by atoms with Crippen molar-refractivity contribution in [1.82, 2.24) is 0 Å². The maximum Gasteiger partial charge on any atom is 0.274 e. The number of carbonyl (C=O) groups excluding carboxylic acids is 1. The molecule has 8 heteroatoms. The summed E-state index contributed by atoms with van der Waals surface area (Å²) < 4.78 is 26.9. The van der Waals surface area contributed by atoms with Crippen LogP contribution in [0, 0.1) is 0 Å². The van der Waals surface area contributed by atoms with Gasteiger partial charge in [0.15, 0.2) is 17.6 Å². The summed E-state index contributed by atoms with van der Waals surface area (Å²) in [6.45, 7) is 0. The minimum atomic E-state index is -2.39. The first-order valence-electron chi connectivity index (χ1n) is 8.02. The van der Waals surface area contributed by atoms with Crippen LogP contribution >= 0.6 is 0 Å². The van der Waals surface area contributed by atoms with E-state index in [-0.39, 0.29) is 22.8 Å². The quantitative estimate of drug-likeness (QED) is 0.765. The van der Waals surface area contributed by atoms with Gasteiger partial charge in [-0.25, -0.2) is 0 Å². The first kappa shape index (κ1) is 18.8. The van der Waals surface area contributed by atoms with Gasteiger partial charge in [-0.15, -0.1) is 0 Å². The molecule has 2 N–H and O–H groups in total. The number of ether oxygens (including phenoxy) is 5. The average Bonchev–Trinajstić information content (AvgIpc) is 2.69. The Morgan fingerprint density at radius 3 is 2.30 bits per heavy atom. The Bertz CT molecular complexity index is 878. The molecule has 1 heterocycles. The molecule has 0 aromatic heterocycles. The highest BCUT2D eigenvalue weighted by molar-refractivity contribution is 6.08. The van der Waals surface area contributed by atoms with E-state index in [4.69, 9.17) is 23.7 Å². The lowest BCUT2D eigenvalue weighted by atomic mass is 9.88. The molecule has 0 bridgehead atoms. The molecule has 27 heavy (non-hydrogen) atoms. The SMILES string of the molecule is COc1ccccc1C1Oc2c(OC)c(OC)cc(O)c2C(=O)C1(O)OC. The Hall–Kier alpha value is -2.97. The smallest absolute Gasteiger partial charge is 0.274 e. The van der Waals surface area contributed by atoms with Gasteiger partial charge in [0.1, 0.15) is 17.1 Å². The van der Waals surface area contributed by atoms with Crippen LogP contribution < -0.4 is 18.9 Å². The number of carbonyl (C=O) groups is 1. The van der Waals surface area contributed by atoms with E-state index in [0.29, 0.717) is 11.3 Å². The molecular formula is C19H20O8. The van der Waals surface area contributed by atoms with Gasteiger partial charge in [0.2, 0.25) is 11.5 Å². The van der Waals surface area contributed by atoms with Crippen molar-refractivity contribution in [2.45, 2.75) is 11.9 Å². The number of aromatic hydroxyl groups is 1. The largest absolute Gasteiger partial charge is 0.507 e. The molecule has 2 atom stereocenters. The van der Waals surface area contributed by atoms with Gasteiger partial charge < -0.3 is 33.9 Å². The molecule has 1 aliphatic heterocycles. The molecule has 0 aliphatic carbocycles. The fourth-order valence-corrected chi connectivity index (χ4v) is 3.13. The Labute approximate surface area is 155 Å². The molecule has 2 unspecified atom stereocenters. The second-order valence-electron chi connectivity index (χ2n) is 5.80. The predicted octanol–water partition coefficient (Wildman–Crippen LogP) is 2.07. The summed E-state index contributed by atoms with van der Waals surface area (Å²) >= 11 is 0. The lowest BCUT2D eigenvalue weighted by Crippen LogP contribution is -2.51. The second-order valence-corrected chi connectivity index (χ2v) is 5.80. The summed E-state index contributed by atoms with van der Waals surface area (Å²) in [5.41, 5.74) is 0.121. The van der Waals surface area contributed by atoms with Crippen molar-refractivity contribution in [3.05, 3.63) is 41.5 Å². The first-order chi connectivity index (χ1) is 12.9. The normalized spacial score (nSPS) is 21.2. The molecule has 2 aromatic carbocycles. The van der Waals surface area contributed by atoms with E-state index in [1.807, 2.05) is 0 Å². The molecule has 2 aromatic rings. The van der Waals surface area contributed by atoms with Gasteiger partial charge in [-0.3, -0.25) is 4.79 Å². The summed E-state index contributed by atoms with van der Waals surface area (Å²) in [6.07, 6.45) is -1.28. The fourth-order valence-electron chi connectivity index (χ4n) is 3.13. The van der Waals surface area contributed by atoms with Gasteiger partial charge in [-0.2, -0.15) is 0 Å². The number of ketones is 1. The Kier molecular flexibility index (Phi) is 4.86. The third kappa shape index (κ3) is 2.73. The summed E-state index contributed by atoms with van der Waals surface area (Å²) in [6, 6.07) is 7.95. The summed E-state index contributed by atoms with van der Waals surface area (Å²) in [5, 5.41) is 21.3. The topological polar surface area (TPSA) is 104 Å². The van der Waals surface area contributed by atoms with E-state index >= 15 is 0 Å². The number of benzene rings is 2. The lowest BCUT2D eigenvalue weighted by Gasteiger charge is -2.39. The minimum Gasteiger partial charge on any atom is -0.507 e. The molecule has 0 fully saturated rings. The minimum absolute atomic E-state index is 0.0584. The molecular weight excluding hydrogens is 356 g/mol. The van der Waals surface area contributed by atoms with E-state index < -0.39 is 23.4 Å². The maximum atomic E-state index is 13.1. The van der Waals surface area contributed by atoms with Crippen LogP contribution in [-0.4, -0.2) is 50.2 Å². The number of phenols is 1. The van der Waals surface area contributed by atoms with Crippen LogP contribution in [0.1, 0.15) is 22.0 Å². The second kappa shape index (κ2) is 6.98. The van der Waals surface area contributed by atoms with Crippen molar-refractivity contribution >= 4 is 5.78 Å². The van der Waals surface area contributed by atoms with Crippen molar-refractivity contribution < 1.29 is 38.7 Å². The summed E-state index contributed by atoms with van der Waals surface area (Å²) in [4.78, 5) is 13.1. The predicted molar refractivity (Wildman–Crippen MR) is 93.9 cm³/mol. The van der Waals surface area contributed by atoms with Crippen LogP contribution in [0.25, 0.3) is 0 Å². The van der Waals surface area contributed by atoms with Crippen molar-refractivity contribution in [1.29, 1.82) is 0 Å². The molecule has 1 aliphatic rings. The van der Waals surface area contributed by atoms with Crippen LogP contribution in [0.5, 0.6) is 28.7 Å². The van der Waals surface area contributed by atoms with Gasteiger partial charge in [0.25, 0.3) is 5.79 Å². The number of hydrogen-bond acceptors (Lipinski definition) is 8. The van der Waals surface area contributed by atoms with Crippen LogP contribution in [0.4, 0.5) is 0 Å². The zero-order chi connectivity index (χ0) is 19.8. The van der Waals surface area contributed by atoms with Gasteiger partial charge in [-0.1, -0.05) is 18.2 Å². The number of aliphatic hydroxyl groups is 1. The number of rotatable bonds is 5. The van der Waals surface area contributed by atoms with Crippen molar-refractivity contribution in [2.75, 3.05) is 28.4 Å². The lowest BCUT2D eigenvalue weighted by molar-refractivity contribution is -0.205. The Morgan fingerprint density at radius 1 is 1.04 bits per heavy atom. The molecule has 3 rings (SSSR count). The van der Waals surface area contributed by atoms with Crippen molar-refractivity contribution in [3.8, 4) is 28.7 Å². The Morgan fingerprint density at radius 2 is 1.70 bits per heavy atom. The average molecular weight is 376 g/mol. The highest BCUT2D eigenvalue weighted by Gasteiger charge is 2.55. The number of hydrogen-bond donors (Lipinski definition) is 2. The van der Waals surface area contributed by atoms with Crippen molar-refractivity contribution in [3.63, 3.8) is 0 Å². The Balaban J connectivity index is 2.28. The summed E-state index contributed by atoms with van der Waals surface area (Å²) in [5.74, 6) is -3.09. The molecule has 0 saturated heterocycles. The fraction of sp³-hybridized carbons (Fsp3) is 0.316. The zero-order valence-electron chi connectivity index (χ0n) is 15.3.